The van der Waals surface area contributed by atoms with E-state index in [-0.39, 0.29) is 5.56 Å². The van der Waals surface area contributed by atoms with Crippen molar-refractivity contribution in [3.8, 4) is 0 Å². The second-order valence-electron chi connectivity index (χ2n) is 4.48. The van der Waals surface area contributed by atoms with Gasteiger partial charge >= 0.3 is 12.3 Å². The van der Waals surface area contributed by atoms with E-state index in [9.17, 15) is 22.4 Å². The van der Waals surface area contributed by atoms with Crippen molar-refractivity contribution in [2.24, 2.45) is 0 Å². The van der Waals surface area contributed by atoms with Gasteiger partial charge in [-0.2, -0.15) is 8.78 Å². The fraction of sp³-hybridized carbons (Fsp3) is 0.538. The summed E-state index contributed by atoms with van der Waals surface area (Å²) in [6.45, 7) is 0.514. The number of pyridine rings is 1. The van der Waals surface area contributed by atoms with Crippen molar-refractivity contribution < 1.29 is 22.4 Å². The number of hydrogen-bond donors (Lipinski definition) is 2. The first-order chi connectivity index (χ1) is 9.80. The summed E-state index contributed by atoms with van der Waals surface area (Å²) in [6.07, 6.45) is -2.41. The molecule has 0 spiro atoms. The molecule has 1 rings (SSSR count). The largest absolute Gasteiger partial charge is 0.373 e. The predicted octanol–water partition coefficient (Wildman–Crippen LogP) is 2.71. The van der Waals surface area contributed by atoms with Crippen LogP contribution in [0.5, 0.6) is 0 Å². The molecule has 4 nitrogen and oxygen atoms in total. The van der Waals surface area contributed by atoms with E-state index in [1.807, 2.05) is 12.2 Å². The maximum Gasteiger partial charge on any atom is 0.324 e. The van der Waals surface area contributed by atoms with Gasteiger partial charge in [0, 0.05) is 18.3 Å². The number of hydrogen-bond acceptors (Lipinski definition) is 3. The van der Waals surface area contributed by atoms with E-state index in [2.05, 4.69) is 10.3 Å². The number of alkyl halides is 4. The van der Waals surface area contributed by atoms with Gasteiger partial charge in [-0.15, -0.1) is 0 Å². The van der Waals surface area contributed by atoms with Gasteiger partial charge in [-0.1, -0.05) is 13.3 Å². The van der Waals surface area contributed by atoms with E-state index in [4.69, 9.17) is 0 Å². The molecule has 0 fully saturated rings. The molecule has 0 aliphatic carbocycles. The number of aryl methyl sites for hydroxylation is 1. The zero-order valence-corrected chi connectivity index (χ0v) is 11.7. The highest BCUT2D eigenvalue weighted by atomic mass is 19.3. The molecule has 0 unspecified atom stereocenters. The molecule has 0 saturated heterocycles. The van der Waals surface area contributed by atoms with Crippen molar-refractivity contribution in [1.82, 2.24) is 10.3 Å². The molecule has 0 atom stereocenters. The van der Waals surface area contributed by atoms with Crippen molar-refractivity contribution in [2.75, 3.05) is 18.9 Å². The van der Waals surface area contributed by atoms with Gasteiger partial charge in [0.2, 0.25) is 0 Å². The highest BCUT2D eigenvalue weighted by Gasteiger charge is 2.40. The van der Waals surface area contributed by atoms with Gasteiger partial charge in [0.1, 0.15) is 5.82 Å². The second kappa shape index (κ2) is 7.24. The second-order valence-corrected chi connectivity index (χ2v) is 4.48. The summed E-state index contributed by atoms with van der Waals surface area (Å²) >= 11 is 0. The number of carbonyl (C=O) groups is 1. The lowest BCUT2D eigenvalue weighted by Gasteiger charge is -2.16. The summed E-state index contributed by atoms with van der Waals surface area (Å²) in [4.78, 5) is 16.0. The first kappa shape index (κ1) is 17.2. The third-order valence-corrected chi connectivity index (χ3v) is 2.71. The molecule has 0 aromatic carbocycles. The quantitative estimate of drug-likeness (QED) is 0.762. The van der Waals surface area contributed by atoms with Crippen molar-refractivity contribution in [3.63, 3.8) is 0 Å². The molecule has 1 aromatic heterocycles. The van der Waals surface area contributed by atoms with E-state index in [1.165, 1.54) is 12.1 Å². The predicted molar refractivity (Wildman–Crippen MR) is 71.1 cm³/mol. The molecule has 0 bridgehead atoms. The third-order valence-electron chi connectivity index (χ3n) is 2.71. The maximum absolute atomic E-state index is 12.8. The molecule has 0 saturated carbocycles. The van der Waals surface area contributed by atoms with Crippen molar-refractivity contribution in [2.45, 2.75) is 32.1 Å². The highest BCUT2D eigenvalue weighted by molar-refractivity contribution is 5.95. The molecule has 0 aliphatic heterocycles. The number of amides is 1. The number of anilines is 1. The van der Waals surface area contributed by atoms with Crippen LogP contribution in [0.4, 0.5) is 23.4 Å². The number of carbonyl (C=O) groups excluding carboxylic acids is 1. The molecule has 2 N–H and O–H groups in total. The van der Waals surface area contributed by atoms with Crippen LogP contribution in [0.25, 0.3) is 0 Å². The minimum atomic E-state index is -4.25. The molecular formula is C13H17F4N3O. The summed E-state index contributed by atoms with van der Waals surface area (Å²) in [5.41, 5.74) is 0.720. The monoisotopic (exact) mass is 307 g/mol. The molecule has 21 heavy (non-hydrogen) atoms. The number of rotatable bonds is 7. The Bertz CT molecular complexity index is 494. The SMILES string of the molecule is CCCc1cc(C(=O)NCC(F)(F)C(F)F)cc(NC)n1. The van der Waals surface area contributed by atoms with Gasteiger partial charge < -0.3 is 10.6 Å². The normalized spacial score (nSPS) is 11.6. The lowest BCUT2D eigenvalue weighted by molar-refractivity contribution is -0.123. The Kier molecular flexibility index (Phi) is 5.92. The third kappa shape index (κ3) is 4.87. The Morgan fingerprint density at radius 1 is 1.38 bits per heavy atom. The van der Waals surface area contributed by atoms with Gasteiger partial charge in [-0.05, 0) is 18.6 Å². The topological polar surface area (TPSA) is 54.0 Å². The van der Waals surface area contributed by atoms with Gasteiger partial charge in [0.25, 0.3) is 5.91 Å². The molecule has 0 radical (unpaired) electrons. The summed E-state index contributed by atoms with van der Waals surface area (Å²) in [5.74, 6) is -4.68. The Morgan fingerprint density at radius 3 is 2.57 bits per heavy atom. The van der Waals surface area contributed by atoms with Crippen molar-refractivity contribution in [3.05, 3.63) is 23.4 Å². The van der Waals surface area contributed by atoms with Gasteiger partial charge in [-0.25, -0.2) is 13.8 Å². The summed E-state index contributed by atoms with van der Waals surface area (Å²) in [7, 11) is 1.60. The van der Waals surface area contributed by atoms with Crippen LogP contribution in [0.1, 0.15) is 29.4 Å². The zero-order chi connectivity index (χ0) is 16.0. The van der Waals surface area contributed by atoms with Crippen LogP contribution in [-0.4, -0.2) is 36.8 Å². The van der Waals surface area contributed by atoms with E-state index in [0.29, 0.717) is 17.9 Å². The molecule has 1 aromatic rings. The number of halogens is 4. The Balaban J connectivity index is 2.84. The van der Waals surface area contributed by atoms with Gasteiger partial charge in [0.15, 0.2) is 0 Å². The standard InChI is InChI=1S/C13H17F4N3O/c1-3-4-9-5-8(6-10(18-2)20-9)11(21)19-7-13(16,17)12(14)15/h5-6,12H,3-4,7H2,1-2H3,(H,18,20)(H,19,21). The fourth-order valence-electron chi connectivity index (χ4n) is 1.61. The van der Waals surface area contributed by atoms with Crippen LogP contribution in [0.15, 0.2) is 12.1 Å². The maximum atomic E-state index is 12.8. The number of nitrogens with zero attached hydrogens (tertiary/aromatic N) is 1. The minimum absolute atomic E-state index is 0.0999. The highest BCUT2D eigenvalue weighted by Crippen LogP contribution is 2.21. The van der Waals surface area contributed by atoms with Gasteiger partial charge in [0.05, 0.1) is 6.54 Å². The minimum Gasteiger partial charge on any atom is -0.373 e. The Hall–Kier alpha value is -1.86. The molecule has 118 valence electrons. The number of nitrogens with one attached hydrogen (secondary N) is 2. The molecule has 1 amide bonds. The Labute approximate surface area is 119 Å². The van der Waals surface area contributed by atoms with Crippen LogP contribution in [0.3, 0.4) is 0 Å². The zero-order valence-electron chi connectivity index (χ0n) is 11.7. The molecule has 1 heterocycles. The van der Waals surface area contributed by atoms with E-state index < -0.39 is 24.8 Å². The van der Waals surface area contributed by atoms with Crippen LogP contribution in [0.2, 0.25) is 0 Å². The summed E-state index contributed by atoms with van der Waals surface area (Å²) in [6, 6.07) is 2.83. The fourth-order valence-corrected chi connectivity index (χ4v) is 1.61. The Morgan fingerprint density at radius 2 is 2.05 bits per heavy atom. The molecular weight excluding hydrogens is 290 g/mol. The van der Waals surface area contributed by atoms with Crippen LogP contribution in [0, 0.1) is 0 Å². The van der Waals surface area contributed by atoms with Crippen LogP contribution in [-0.2, 0) is 6.42 Å². The summed E-state index contributed by atoms with van der Waals surface area (Å²) < 4.78 is 49.6. The van der Waals surface area contributed by atoms with Gasteiger partial charge in [-0.3, -0.25) is 4.79 Å². The average Bonchev–Trinajstić information content (AvgIpc) is 2.44. The van der Waals surface area contributed by atoms with Crippen LogP contribution < -0.4 is 10.6 Å². The smallest absolute Gasteiger partial charge is 0.324 e. The first-order valence-corrected chi connectivity index (χ1v) is 6.43. The summed E-state index contributed by atoms with van der Waals surface area (Å²) in [5, 5.41) is 4.57. The first-order valence-electron chi connectivity index (χ1n) is 6.43. The molecule has 8 heteroatoms. The van der Waals surface area contributed by atoms with Crippen molar-refractivity contribution >= 4 is 11.7 Å². The average molecular weight is 307 g/mol. The van der Waals surface area contributed by atoms with Crippen LogP contribution >= 0.6 is 0 Å². The number of aromatic nitrogens is 1. The molecule has 0 aliphatic rings. The van der Waals surface area contributed by atoms with E-state index >= 15 is 0 Å². The lowest BCUT2D eigenvalue weighted by atomic mass is 10.1. The van der Waals surface area contributed by atoms with E-state index in [0.717, 1.165) is 6.42 Å². The van der Waals surface area contributed by atoms with E-state index in [1.54, 1.807) is 7.05 Å². The lowest BCUT2D eigenvalue weighted by Crippen LogP contribution is -2.41. The van der Waals surface area contributed by atoms with Crippen molar-refractivity contribution in [1.29, 1.82) is 0 Å².